The first-order chi connectivity index (χ1) is 20.5. The highest BCUT2D eigenvalue weighted by atomic mass is 19.3. The summed E-state index contributed by atoms with van der Waals surface area (Å²) in [6.45, 7) is 3.39. The molecule has 1 aromatic heterocycles. The third-order valence-electron chi connectivity index (χ3n) is 10.9. The lowest BCUT2D eigenvalue weighted by Crippen LogP contribution is -2.57. The number of nitrogens with zero attached hydrogens (tertiary/aromatic N) is 1. The van der Waals surface area contributed by atoms with Gasteiger partial charge in [0, 0.05) is 59.7 Å². The van der Waals surface area contributed by atoms with Crippen molar-refractivity contribution in [1.82, 2.24) is 15.2 Å². The second-order valence-electron chi connectivity index (χ2n) is 13.9. The highest BCUT2D eigenvalue weighted by Gasteiger charge is 2.58. The third-order valence-corrected chi connectivity index (χ3v) is 10.9. The highest BCUT2D eigenvalue weighted by Crippen LogP contribution is 2.61. The lowest BCUT2D eigenvalue weighted by molar-refractivity contribution is -0.186. The largest absolute Gasteiger partial charge is 0.496 e. The monoisotopic (exact) mass is 591 g/mol. The number of carbonyl (C=O) groups excluding carboxylic acids is 1. The van der Waals surface area contributed by atoms with Crippen molar-refractivity contribution in [3.8, 4) is 5.75 Å². The van der Waals surface area contributed by atoms with Crippen LogP contribution in [0.4, 0.5) is 8.78 Å². The van der Waals surface area contributed by atoms with Crippen molar-refractivity contribution in [3.63, 3.8) is 0 Å². The lowest BCUT2D eigenvalue weighted by Gasteiger charge is -2.56. The summed E-state index contributed by atoms with van der Waals surface area (Å²) in [5, 5.41) is 13.4. The number of aliphatic carboxylic acids is 1. The molecule has 7 nitrogen and oxygen atoms in total. The standard InChI is InChI=1S/C34H39F2N3O4/c1-20-11-28(43-2)26(25-7-9-37-29(20)25)17-39-10-8-32(18-34(35,36)19-32)16-27(39)21-3-5-22(6-4-21)30(40)38-24-14-33(15-24)12-23(13-33)31(41)42/h3-7,9,11,23-24,27,37H,8,10,12-19H2,1-2H3,(H,38,40)(H,41,42)/t23?,24?,27-,33?/m0/s1. The first-order valence-electron chi connectivity index (χ1n) is 15.4. The fourth-order valence-electron chi connectivity index (χ4n) is 8.75. The van der Waals surface area contributed by atoms with Crippen LogP contribution in [0.5, 0.6) is 5.75 Å². The SMILES string of the molecule is COc1cc(C)c2[nH]ccc2c1CN1CCC2(C[C@H]1c1ccc(C(=O)NC3CC4(C3)CC(C(=O)O)C4)cc1)CC(F)(F)C2. The van der Waals surface area contributed by atoms with E-state index in [-0.39, 0.29) is 47.6 Å². The number of benzene rings is 2. The number of fused-ring (bicyclic) bond motifs is 1. The number of aryl methyl sites for hydroxylation is 1. The molecule has 4 aliphatic rings. The molecule has 3 saturated carbocycles. The minimum Gasteiger partial charge on any atom is -0.496 e. The second kappa shape index (κ2) is 10.0. The zero-order valence-electron chi connectivity index (χ0n) is 24.7. The van der Waals surface area contributed by atoms with E-state index in [1.807, 2.05) is 36.5 Å². The van der Waals surface area contributed by atoms with Gasteiger partial charge in [0.1, 0.15) is 5.75 Å². The quantitative estimate of drug-likeness (QED) is 0.288. The molecule has 0 bridgehead atoms. The number of likely N-dealkylation sites (tertiary alicyclic amines) is 1. The maximum absolute atomic E-state index is 14.1. The van der Waals surface area contributed by atoms with E-state index in [0.29, 0.717) is 37.9 Å². The summed E-state index contributed by atoms with van der Waals surface area (Å²) in [4.78, 5) is 29.9. The number of piperidine rings is 1. The summed E-state index contributed by atoms with van der Waals surface area (Å²) >= 11 is 0. The van der Waals surface area contributed by atoms with Gasteiger partial charge < -0.3 is 20.1 Å². The van der Waals surface area contributed by atoms with Gasteiger partial charge in [-0.15, -0.1) is 0 Å². The van der Waals surface area contributed by atoms with Crippen LogP contribution in [0, 0.1) is 23.7 Å². The van der Waals surface area contributed by atoms with E-state index in [2.05, 4.69) is 28.2 Å². The third kappa shape index (κ3) is 4.99. The number of carbonyl (C=O) groups is 2. The van der Waals surface area contributed by atoms with Crippen molar-refractivity contribution in [2.45, 2.75) is 82.8 Å². The molecule has 2 aromatic carbocycles. The van der Waals surface area contributed by atoms with E-state index in [0.717, 1.165) is 52.6 Å². The molecule has 3 N–H and O–H groups in total. The number of methoxy groups -OCH3 is 1. The van der Waals surface area contributed by atoms with Crippen LogP contribution in [-0.2, 0) is 11.3 Å². The maximum atomic E-state index is 14.1. The van der Waals surface area contributed by atoms with E-state index in [1.165, 1.54) is 0 Å². The van der Waals surface area contributed by atoms with E-state index in [1.54, 1.807) is 7.11 Å². The number of hydrogen-bond donors (Lipinski definition) is 3. The van der Waals surface area contributed by atoms with Crippen molar-refractivity contribution >= 4 is 22.8 Å². The molecule has 0 unspecified atom stereocenters. The molecule has 228 valence electrons. The Morgan fingerprint density at radius 3 is 2.44 bits per heavy atom. The second-order valence-corrected chi connectivity index (χ2v) is 13.9. The Morgan fingerprint density at radius 1 is 1.07 bits per heavy atom. The van der Waals surface area contributed by atoms with Gasteiger partial charge in [-0.3, -0.25) is 14.5 Å². The van der Waals surface area contributed by atoms with Crippen LogP contribution in [0.3, 0.4) is 0 Å². The molecular weight excluding hydrogens is 552 g/mol. The normalized spacial score (nSPS) is 29.1. The van der Waals surface area contributed by atoms with Crippen molar-refractivity contribution < 1.29 is 28.2 Å². The number of nitrogens with one attached hydrogen (secondary N) is 2. The Bertz CT molecular complexity index is 1560. The summed E-state index contributed by atoms with van der Waals surface area (Å²) in [7, 11) is 1.68. The number of hydrogen-bond acceptors (Lipinski definition) is 4. The number of halogens is 2. The topological polar surface area (TPSA) is 94.7 Å². The number of ether oxygens (including phenoxy) is 1. The molecule has 2 heterocycles. The molecule has 4 fully saturated rings. The van der Waals surface area contributed by atoms with Gasteiger partial charge in [0.2, 0.25) is 5.92 Å². The average Bonchev–Trinajstić information content (AvgIpc) is 3.41. The summed E-state index contributed by atoms with van der Waals surface area (Å²) in [6.07, 6.45) is 6.29. The first-order valence-corrected chi connectivity index (χ1v) is 15.4. The summed E-state index contributed by atoms with van der Waals surface area (Å²) in [6, 6.07) is 11.8. The molecular formula is C34H39F2N3O4. The fourth-order valence-corrected chi connectivity index (χ4v) is 8.75. The van der Waals surface area contributed by atoms with Crippen molar-refractivity contribution in [1.29, 1.82) is 0 Å². The predicted octanol–water partition coefficient (Wildman–Crippen LogP) is 6.61. The fraction of sp³-hybridized carbons (Fsp3) is 0.529. The summed E-state index contributed by atoms with van der Waals surface area (Å²) < 4.78 is 34.0. The number of amides is 1. The Hall–Kier alpha value is -3.46. The Morgan fingerprint density at radius 2 is 1.79 bits per heavy atom. The number of rotatable bonds is 7. The zero-order chi connectivity index (χ0) is 30.1. The number of carboxylic acids is 1. The van der Waals surface area contributed by atoms with Gasteiger partial charge in [-0.1, -0.05) is 12.1 Å². The van der Waals surface area contributed by atoms with Crippen LogP contribution in [0.25, 0.3) is 10.9 Å². The van der Waals surface area contributed by atoms with Gasteiger partial charge >= 0.3 is 5.97 Å². The van der Waals surface area contributed by atoms with Crippen molar-refractivity contribution in [2.75, 3.05) is 13.7 Å². The molecule has 43 heavy (non-hydrogen) atoms. The van der Waals surface area contributed by atoms with Crippen molar-refractivity contribution in [2.24, 2.45) is 16.7 Å². The molecule has 3 aromatic rings. The van der Waals surface area contributed by atoms with Gasteiger partial charge in [-0.2, -0.15) is 0 Å². The number of alkyl halides is 2. The van der Waals surface area contributed by atoms with E-state index < -0.39 is 11.9 Å². The van der Waals surface area contributed by atoms with E-state index >= 15 is 0 Å². The predicted molar refractivity (Wildman–Crippen MR) is 158 cm³/mol. The Balaban J connectivity index is 1.08. The van der Waals surface area contributed by atoms with Gasteiger partial charge in [0.15, 0.2) is 0 Å². The molecule has 1 aliphatic heterocycles. The number of carboxylic acid groups (broad SMARTS) is 1. The van der Waals surface area contributed by atoms with Crippen LogP contribution in [0.1, 0.15) is 84.5 Å². The van der Waals surface area contributed by atoms with Gasteiger partial charge in [0.05, 0.1) is 13.0 Å². The molecule has 2 spiro atoms. The van der Waals surface area contributed by atoms with Gasteiger partial charge in [0.25, 0.3) is 5.91 Å². The molecule has 0 radical (unpaired) electrons. The van der Waals surface area contributed by atoms with Crippen LogP contribution in [-0.4, -0.2) is 52.5 Å². The number of aromatic nitrogens is 1. The van der Waals surface area contributed by atoms with Crippen LogP contribution in [0.15, 0.2) is 42.6 Å². The lowest BCUT2D eigenvalue weighted by atomic mass is 9.50. The molecule has 9 heteroatoms. The van der Waals surface area contributed by atoms with Crippen LogP contribution in [0.2, 0.25) is 0 Å². The summed E-state index contributed by atoms with van der Waals surface area (Å²) in [5.41, 5.74) is 4.60. The smallest absolute Gasteiger partial charge is 0.306 e. The maximum Gasteiger partial charge on any atom is 0.306 e. The minimum atomic E-state index is -2.58. The van der Waals surface area contributed by atoms with Gasteiger partial charge in [-0.25, -0.2) is 8.78 Å². The molecule has 1 saturated heterocycles. The number of H-pyrrole nitrogens is 1. The van der Waals surface area contributed by atoms with Crippen molar-refractivity contribution in [3.05, 3.63) is 64.8 Å². The Labute approximate surface area is 250 Å². The van der Waals surface area contributed by atoms with Crippen LogP contribution >= 0.6 is 0 Å². The molecule has 1 amide bonds. The Kier molecular flexibility index (Phi) is 6.61. The van der Waals surface area contributed by atoms with Gasteiger partial charge in [-0.05, 0) is 98.2 Å². The summed E-state index contributed by atoms with van der Waals surface area (Å²) in [5.74, 6) is -2.85. The zero-order valence-corrected chi connectivity index (χ0v) is 24.7. The van der Waals surface area contributed by atoms with E-state index in [4.69, 9.17) is 4.74 Å². The highest BCUT2D eigenvalue weighted by molar-refractivity contribution is 5.94. The molecule has 1 atom stereocenters. The molecule has 7 rings (SSSR count). The average molecular weight is 592 g/mol. The van der Waals surface area contributed by atoms with Crippen LogP contribution < -0.4 is 10.1 Å². The minimum absolute atomic E-state index is 0.0587. The first kappa shape index (κ1) is 28.3. The van der Waals surface area contributed by atoms with E-state index in [9.17, 15) is 23.5 Å². The number of aromatic amines is 1. The molecule has 3 aliphatic carbocycles.